The van der Waals surface area contributed by atoms with E-state index in [4.69, 9.17) is 18.5 Å². The van der Waals surface area contributed by atoms with Crippen LogP contribution in [-0.2, 0) is 32.7 Å². The van der Waals surface area contributed by atoms with Crippen LogP contribution >= 0.6 is 7.82 Å². The summed E-state index contributed by atoms with van der Waals surface area (Å²) >= 11 is 0. The van der Waals surface area contributed by atoms with E-state index < -0.39 is 26.5 Å². The lowest BCUT2D eigenvalue weighted by Gasteiger charge is -2.28. The van der Waals surface area contributed by atoms with Gasteiger partial charge in [0.2, 0.25) is 0 Å². The average molecular weight is 932 g/mol. The monoisotopic (exact) mass is 932 g/mol. The summed E-state index contributed by atoms with van der Waals surface area (Å²) in [7, 11) is 1.16. The number of likely N-dealkylation sites (N-methyl/N-ethyl adjacent to an activating group) is 1. The predicted octanol–water partition coefficient (Wildman–Crippen LogP) is 15.1. The van der Waals surface area contributed by atoms with Crippen LogP contribution in [0.15, 0.2) is 72.9 Å². The zero-order valence-corrected chi connectivity index (χ0v) is 43.3. The molecule has 2 atom stereocenters. The van der Waals surface area contributed by atoms with E-state index in [2.05, 4.69) is 86.8 Å². The Hall–Kier alpha value is -2.55. The summed E-state index contributed by atoms with van der Waals surface area (Å²) in [5, 5.41) is 0. The van der Waals surface area contributed by atoms with Crippen LogP contribution in [-0.4, -0.2) is 70.0 Å². The third-order valence-corrected chi connectivity index (χ3v) is 12.0. The lowest BCUT2D eigenvalue weighted by molar-refractivity contribution is -0.870. The Kier molecular flexibility index (Phi) is 44.7. The molecular formula is C55H98NO8P. The van der Waals surface area contributed by atoms with Crippen molar-refractivity contribution >= 4 is 19.8 Å². The number of hydrogen-bond acceptors (Lipinski definition) is 8. The number of rotatable bonds is 47. The normalized spacial score (nSPS) is 14.0. The largest absolute Gasteiger partial charge is 0.756 e. The molecule has 10 heteroatoms. The highest BCUT2D eigenvalue weighted by molar-refractivity contribution is 7.45. The molecule has 9 nitrogen and oxygen atoms in total. The second-order valence-electron chi connectivity index (χ2n) is 18.5. The number of carbonyl (C=O) groups excluding carboxylic acids is 2. The summed E-state index contributed by atoms with van der Waals surface area (Å²) in [6, 6.07) is 0. The van der Waals surface area contributed by atoms with Gasteiger partial charge in [0.1, 0.15) is 19.8 Å². The van der Waals surface area contributed by atoms with Crippen molar-refractivity contribution in [3.63, 3.8) is 0 Å². The van der Waals surface area contributed by atoms with Crippen molar-refractivity contribution < 1.29 is 42.1 Å². The molecule has 0 aromatic heterocycles. The molecule has 0 heterocycles. The first-order valence-corrected chi connectivity index (χ1v) is 27.6. The zero-order chi connectivity index (χ0) is 47.8. The number of phosphoric ester groups is 1. The van der Waals surface area contributed by atoms with Gasteiger partial charge in [0, 0.05) is 12.8 Å². The molecule has 0 saturated carbocycles. The van der Waals surface area contributed by atoms with Crippen molar-refractivity contribution in [1.82, 2.24) is 0 Å². The van der Waals surface area contributed by atoms with Crippen molar-refractivity contribution in [2.45, 2.75) is 219 Å². The Morgan fingerprint density at radius 3 is 1.31 bits per heavy atom. The number of phosphoric acid groups is 1. The molecule has 0 bridgehead atoms. The average Bonchev–Trinajstić information content (AvgIpc) is 3.26. The van der Waals surface area contributed by atoms with Gasteiger partial charge in [-0.25, -0.2) is 0 Å². The van der Waals surface area contributed by atoms with Gasteiger partial charge in [0.15, 0.2) is 6.10 Å². The van der Waals surface area contributed by atoms with Gasteiger partial charge in [0.05, 0.1) is 27.7 Å². The minimum absolute atomic E-state index is 0.0332. The molecule has 0 radical (unpaired) electrons. The highest BCUT2D eigenvalue weighted by Gasteiger charge is 2.21. The Bertz CT molecular complexity index is 1330. The molecule has 0 spiro atoms. The second-order valence-corrected chi connectivity index (χ2v) is 19.9. The fourth-order valence-electron chi connectivity index (χ4n) is 6.95. The highest BCUT2D eigenvalue weighted by Crippen LogP contribution is 2.38. The van der Waals surface area contributed by atoms with E-state index in [9.17, 15) is 19.0 Å². The molecule has 0 aliphatic heterocycles. The van der Waals surface area contributed by atoms with E-state index in [1.807, 2.05) is 21.1 Å². The zero-order valence-electron chi connectivity index (χ0n) is 42.4. The van der Waals surface area contributed by atoms with Crippen LogP contribution in [0.25, 0.3) is 0 Å². The van der Waals surface area contributed by atoms with E-state index in [1.165, 1.54) is 96.3 Å². The summed E-state index contributed by atoms with van der Waals surface area (Å²) in [5.74, 6) is -0.838. The van der Waals surface area contributed by atoms with Crippen molar-refractivity contribution in [2.24, 2.45) is 0 Å². The molecule has 0 saturated heterocycles. The number of quaternary nitrogens is 1. The molecule has 376 valence electrons. The van der Waals surface area contributed by atoms with Crippen molar-refractivity contribution in [3.8, 4) is 0 Å². The van der Waals surface area contributed by atoms with Crippen LogP contribution in [0.4, 0.5) is 0 Å². The predicted molar refractivity (Wildman–Crippen MR) is 273 cm³/mol. The number of nitrogens with zero attached hydrogens (tertiary/aromatic N) is 1. The minimum atomic E-state index is -4.63. The van der Waals surface area contributed by atoms with Crippen molar-refractivity contribution in [3.05, 3.63) is 72.9 Å². The minimum Gasteiger partial charge on any atom is -0.756 e. The third-order valence-electron chi connectivity index (χ3n) is 11.0. The van der Waals surface area contributed by atoms with Gasteiger partial charge in [0.25, 0.3) is 7.82 Å². The van der Waals surface area contributed by atoms with Crippen LogP contribution < -0.4 is 4.89 Å². The van der Waals surface area contributed by atoms with Crippen LogP contribution in [0.1, 0.15) is 213 Å². The molecular weight excluding hydrogens is 834 g/mol. The van der Waals surface area contributed by atoms with Crippen LogP contribution in [0.3, 0.4) is 0 Å². The molecule has 0 fully saturated rings. The Labute approximate surface area is 399 Å². The molecule has 65 heavy (non-hydrogen) atoms. The first-order valence-electron chi connectivity index (χ1n) is 26.1. The van der Waals surface area contributed by atoms with Gasteiger partial charge in [-0.05, 0) is 64.2 Å². The SMILES string of the molecule is CC/C=C\C/C=C\C/C=C\C/C=C\C/C=C\C/C=C\CCCCCCCCCCCCC(=O)OC(COC(=O)CCCCCCCCCCCCCC)COP(=O)([O-])OCC[N+](C)(C)C. The van der Waals surface area contributed by atoms with E-state index in [-0.39, 0.29) is 32.0 Å². The fraction of sp³-hybridized carbons (Fsp3) is 0.745. The van der Waals surface area contributed by atoms with Crippen LogP contribution in [0, 0.1) is 0 Å². The molecule has 0 aromatic rings. The third kappa shape index (κ3) is 50.7. The van der Waals surface area contributed by atoms with Gasteiger partial charge in [-0.1, -0.05) is 209 Å². The molecule has 0 amide bonds. The summed E-state index contributed by atoms with van der Waals surface area (Å²) < 4.78 is 34.0. The van der Waals surface area contributed by atoms with Crippen molar-refractivity contribution in [1.29, 1.82) is 0 Å². The maximum atomic E-state index is 12.7. The highest BCUT2D eigenvalue weighted by atomic mass is 31.2. The van der Waals surface area contributed by atoms with Crippen LogP contribution in [0.2, 0.25) is 0 Å². The number of esters is 2. The molecule has 0 N–H and O–H groups in total. The number of allylic oxidation sites excluding steroid dienone is 12. The quantitative estimate of drug-likeness (QED) is 0.0195. The molecule has 0 aliphatic rings. The van der Waals surface area contributed by atoms with Gasteiger partial charge in [-0.2, -0.15) is 0 Å². The number of carbonyl (C=O) groups is 2. The van der Waals surface area contributed by atoms with Crippen molar-refractivity contribution in [2.75, 3.05) is 47.5 Å². The van der Waals surface area contributed by atoms with E-state index in [1.54, 1.807) is 0 Å². The van der Waals surface area contributed by atoms with E-state index >= 15 is 0 Å². The summed E-state index contributed by atoms with van der Waals surface area (Å²) in [4.78, 5) is 37.7. The topological polar surface area (TPSA) is 111 Å². The Balaban J connectivity index is 4.17. The summed E-state index contributed by atoms with van der Waals surface area (Å²) in [5.41, 5.74) is 0. The Morgan fingerprint density at radius 2 is 0.877 bits per heavy atom. The Morgan fingerprint density at radius 1 is 0.492 bits per heavy atom. The summed E-state index contributed by atoms with van der Waals surface area (Å²) in [6.07, 6.45) is 59.4. The molecule has 0 aliphatic carbocycles. The fourth-order valence-corrected chi connectivity index (χ4v) is 7.68. The number of hydrogen-bond donors (Lipinski definition) is 0. The van der Waals surface area contributed by atoms with E-state index in [0.717, 1.165) is 83.5 Å². The van der Waals surface area contributed by atoms with Gasteiger partial charge in [-0.3, -0.25) is 14.2 Å². The maximum absolute atomic E-state index is 12.7. The lowest BCUT2D eigenvalue weighted by Crippen LogP contribution is -2.37. The van der Waals surface area contributed by atoms with Gasteiger partial charge in [-0.15, -0.1) is 0 Å². The van der Waals surface area contributed by atoms with Crippen LogP contribution in [0.5, 0.6) is 0 Å². The second kappa shape index (κ2) is 46.6. The molecule has 0 aromatic carbocycles. The summed E-state index contributed by atoms with van der Waals surface area (Å²) in [6.45, 7) is 4.11. The van der Waals surface area contributed by atoms with E-state index in [0.29, 0.717) is 17.4 Å². The first-order chi connectivity index (χ1) is 31.5. The molecule has 2 unspecified atom stereocenters. The maximum Gasteiger partial charge on any atom is 0.306 e. The lowest BCUT2D eigenvalue weighted by atomic mass is 10.0. The van der Waals surface area contributed by atoms with Gasteiger partial charge < -0.3 is 27.9 Å². The van der Waals surface area contributed by atoms with Gasteiger partial charge >= 0.3 is 11.9 Å². The molecule has 0 rings (SSSR count). The number of unbranched alkanes of at least 4 members (excludes halogenated alkanes) is 21. The number of ether oxygens (including phenoxy) is 2. The standard InChI is InChI=1S/C55H98NO8P/c1-6-8-10-12-14-16-18-20-21-22-23-24-25-26-27-28-29-30-31-32-33-34-35-36-38-40-42-44-46-48-55(58)64-53(52-63-65(59,60)62-50-49-56(3,4)5)51-61-54(57)47-45-43-41-39-37-19-17-15-13-11-9-7-2/h8,10,14,16,20-21,23-24,26-27,29-30,53H,6-7,9,11-13,15,17-19,22,25,28,31-52H2,1-5H3/b10-8-,16-14-,21-20-,24-23-,27-26-,30-29-. The first kappa shape index (κ1) is 62.4. The smallest absolute Gasteiger partial charge is 0.306 e.